The van der Waals surface area contributed by atoms with Crippen LogP contribution in [0.1, 0.15) is 26.3 Å². The lowest BCUT2D eigenvalue weighted by Gasteiger charge is -2.09. The van der Waals surface area contributed by atoms with Gasteiger partial charge in [-0.3, -0.25) is 25.0 Å². The van der Waals surface area contributed by atoms with Crippen LogP contribution in [-0.4, -0.2) is 26.8 Å². The Morgan fingerprint density at radius 3 is 2.00 bits per heavy atom. The van der Waals surface area contributed by atoms with E-state index < -0.39 is 33.1 Å². The van der Waals surface area contributed by atoms with Crippen LogP contribution in [-0.2, 0) is 0 Å². The Morgan fingerprint density at radius 1 is 0.960 bits per heavy atom. The SMILES string of the molecule is Cc1ccc(C(=O)O)cc1NC(=O)c1cc([N+](=O)[O-])cc([N+](=O)[O-])c1. The fraction of sp³-hybridized carbons (Fsp3) is 0.0667. The molecule has 1 amide bonds. The number of carboxylic acid groups (broad SMARTS) is 1. The summed E-state index contributed by atoms with van der Waals surface area (Å²) in [6.07, 6.45) is 0. The average Bonchev–Trinajstić information content (AvgIpc) is 2.55. The molecule has 128 valence electrons. The Hall–Kier alpha value is -3.82. The van der Waals surface area contributed by atoms with Crippen molar-refractivity contribution in [2.45, 2.75) is 6.92 Å². The number of carboxylic acids is 1. The van der Waals surface area contributed by atoms with Crippen LogP contribution in [0.3, 0.4) is 0 Å². The van der Waals surface area contributed by atoms with E-state index >= 15 is 0 Å². The van der Waals surface area contributed by atoms with Crippen molar-refractivity contribution in [3.8, 4) is 0 Å². The first kappa shape index (κ1) is 17.5. The Morgan fingerprint density at radius 2 is 1.52 bits per heavy atom. The molecule has 0 heterocycles. The molecule has 2 aromatic rings. The smallest absolute Gasteiger partial charge is 0.335 e. The topological polar surface area (TPSA) is 153 Å². The van der Waals surface area contributed by atoms with Gasteiger partial charge >= 0.3 is 5.97 Å². The third-order valence-electron chi connectivity index (χ3n) is 3.32. The summed E-state index contributed by atoms with van der Waals surface area (Å²) in [5.41, 5.74) is -0.824. The number of nitrogens with one attached hydrogen (secondary N) is 1. The van der Waals surface area contributed by atoms with Gasteiger partial charge in [0.15, 0.2) is 0 Å². The maximum absolute atomic E-state index is 12.3. The maximum atomic E-state index is 12.3. The van der Waals surface area contributed by atoms with Gasteiger partial charge in [-0.05, 0) is 24.6 Å². The van der Waals surface area contributed by atoms with E-state index in [4.69, 9.17) is 5.11 Å². The predicted molar refractivity (Wildman–Crippen MR) is 85.8 cm³/mol. The first-order valence-electron chi connectivity index (χ1n) is 6.78. The van der Waals surface area contributed by atoms with E-state index in [-0.39, 0.29) is 16.8 Å². The standard InChI is InChI=1S/C15H11N3O7/c1-8-2-3-9(15(20)21)6-13(8)16-14(19)10-4-11(17(22)23)7-12(5-10)18(24)25/h2-7H,1H3,(H,16,19)(H,20,21). The molecule has 0 saturated heterocycles. The largest absolute Gasteiger partial charge is 0.478 e. The summed E-state index contributed by atoms with van der Waals surface area (Å²) in [5.74, 6) is -2.03. The van der Waals surface area contributed by atoms with E-state index in [9.17, 15) is 29.8 Å². The summed E-state index contributed by atoms with van der Waals surface area (Å²) in [5, 5.41) is 33.1. The number of hydrogen-bond donors (Lipinski definition) is 2. The molecule has 0 bridgehead atoms. The second-order valence-corrected chi connectivity index (χ2v) is 5.04. The molecule has 0 unspecified atom stereocenters. The van der Waals surface area contributed by atoms with Gasteiger partial charge in [0, 0.05) is 17.8 Å². The van der Waals surface area contributed by atoms with Crippen molar-refractivity contribution < 1.29 is 24.5 Å². The fourth-order valence-electron chi connectivity index (χ4n) is 2.02. The molecule has 2 N–H and O–H groups in total. The molecular weight excluding hydrogens is 334 g/mol. The summed E-state index contributed by atoms with van der Waals surface area (Å²) in [6, 6.07) is 6.60. The molecule has 0 aliphatic carbocycles. The Bertz CT molecular complexity index is 876. The first-order valence-corrected chi connectivity index (χ1v) is 6.78. The molecule has 0 aliphatic rings. The summed E-state index contributed by atoms with van der Waals surface area (Å²) in [6.45, 7) is 1.62. The third kappa shape index (κ3) is 3.93. The van der Waals surface area contributed by atoms with E-state index in [0.717, 1.165) is 18.2 Å². The predicted octanol–water partition coefficient (Wildman–Crippen LogP) is 2.76. The van der Waals surface area contributed by atoms with Gasteiger partial charge in [-0.15, -0.1) is 0 Å². The number of nitrogens with zero attached hydrogens (tertiary/aromatic N) is 2. The van der Waals surface area contributed by atoms with E-state index in [1.807, 2.05) is 0 Å². The van der Waals surface area contributed by atoms with Crippen molar-refractivity contribution in [2.24, 2.45) is 0 Å². The Labute approximate surface area is 140 Å². The van der Waals surface area contributed by atoms with Crippen LogP contribution in [0.15, 0.2) is 36.4 Å². The quantitative estimate of drug-likeness (QED) is 0.624. The van der Waals surface area contributed by atoms with Crippen LogP contribution in [0.2, 0.25) is 0 Å². The van der Waals surface area contributed by atoms with E-state index in [0.29, 0.717) is 5.56 Å². The number of non-ortho nitro benzene ring substituents is 2. The molecule has 25 heavy (non-hydrogen) atoms. The van der Waals surface area contributed by atoms with Gasteiger partial charge in [0.2, 0.25) is 0 Å². The van der Waals surface area contributed by atoms with Crippen LogP contribution in [0.25, 0.3) is 0 Å². The third-order valence-corrected chi connectivity index (χ3v) is 3.32. The highest BCUT2D eigenvalue weighted by Gasteiger charge is 2.20. The number of aryl methyl sites for hydroxylation is 1. The molecule has 0 saturated carbocycles. The Kier molecular flexibility index (Phi) is 4.73. The highest BCUT2D eigenvalue weighted by Crippen LogP contribution is 2.24. The van der Waals surface area contributed by atoms with Gasteiger partial charge in [0.25, 0.3) is 17.3 Å². The summed E-state index contributed by atoms with van der Waals surface area (Å²) < 4.78 is 0. The number of carbonyl (C=O) groups excluding carboxylic acids is 1. The number of hydrogen-bond acceptors (Lipinski definition) is 6. The van der Waals surface area contributed by atoms with E-state index in [1.165, 1.54) is 18.2 Å². The number of carbonyl (C=O) groups is 2. The molecular formula is C15H11N3O7. The van der Waals surface area contributed by atoms with Gasteiger partial charge in [0.05, 0.1) is 27.0 Å². The summed E-state index contributed by atoms with van der Waals surface area (Å²) in [7, 11) is 0. The minimum atomic E-state index is -1.19. The Balaban J connectivity index is 2.41. The van der Waals surface area contributed by atoms with Crippen molar-refractivity contribution in [1.29, 1.82) is 0 Å². The molecule has 10 nitrogen and oxygen atoms in total. The van der Waals surface area contributed by atoms with Crippen LogP contribution >= 0.6 is 0 Å². The van der Waals surface area contributed by atoms with Crippen LogP contribution in [0.4, 0.5) is 17.1 Å². The minimum absolute atomic E-state index is 0.0640. The monoisotopic (exact) mass is 345 g/mol. The number of nitro benzene ring substituents is 2. The van der Waals surface area contributed by atoms with Gasteiger partial charge in [0.1, 0.15) is 0 Å². The number of benzene rings is 2. The van der Waals surface area contributed by atoms with E-state index in [1.54, 1.807) is 6.92 Å². The second-order valence-electron chi connectivity index (χ2n) is 5.04. The second kappa shape index (κ2) is 6.74. The van der Waals surface area contributed by atoms with Crippen molar-refractivity contribution >= 4 is 28.9 Å². The van der Waals surface area contributed by atoms with Gasteiger partial charge in [-0.1, -0.05) is 6.07 Å². The highest BCUT2D eigenvalue weighted by molar-refractivity contribution is 6.06. The zero-order valence-electron chi connectivity index (χ0n) is 12.8. The van der Waals surface area contributed by atoms with Crippen molar-refractivity contribution in [1.82, 2.24) is 0 Å². The van der Waals surface area contributed by atoms with Crippen LogP contribution < -0.4 is 5.32 Å². The first-order chi connectivity index (χ1) is 11.7. The van der Waals surface area contributed by atoms with Crippen LogP contribution in [0, 0.1) is 27.2 Å². The van der Waals surface area contributed by atoms with E-state index in [2.05, 4.69) is 5.32 Å². The molecule has 0 atom stereocenters. The molecule has 2 aromatic carbocycles. The van der Waals surface area contributed by atoms with Crippen molar-refractivity contribution in [2.75, 3.05) is 5.32 Å². The highest BCUT2D eigenvalue weighted by atomic mass is 16.6. The molecule has 0 fully saturated rings. The molecule has 0 aliphatic heterocycles. The number of aromatic carboxylic acids is 1. The molecule has 10 heteroatoms. The molecule has 0 spiro atoms. The number of nitro groups is 2. The molecule has 2 rings (SSSR count). The number of amides is 1. The van der Waals surface area contributed by atoms with Crippen LogP contribution in [0.5, 0.6) is 0 Å². The fourth-order valence-corrected chi connectivity index (χ4v) is 2.02. The number of rotatable bonds is 5. The summed E-state index contributed by atoms with van der Waals surface area (Å²) in [4.78, 5) is 43.3. The normalized spacial score (nSPS) is 10.1. The van der Waals surface area contributed by atoms with Gasteiger partial charge in [-0.2, -0.15) is 0 Å². The van der Waals surface area contributed by atoms with Gasteiger partial charge in [-0.25, -0.2) is 4.79 Å². The zero-order valence-corrected chi connectivity index (χ0v) is 12.8. The molecule has 0 aromatic heterocycles. The lowest BCUT2D eigenvalue weighted by molar-refractivity contribution is -0.394. The zero-order chi connectivity index (χ0) is 18.7. The average molecular weight is 345 g/mol. The minimum Gasteiger partial charge on any atom is -0.478 e. The lowest BCUT2D eigenvalue weighted by Crippen LogP contribution is -2.14. The van der Waals surface area contributed by atoms with Crippen molar-refractivity contribution in [3.05, 3.63) is 73.3 Å². The number of anilines is 1. The summed E-state index contributed by atoms with van der Waals surface area (Å²) >= 11 is 0. The molecule has 0 radical (unpaired) electrons. The van der Waals surface area contributed by atoms with Gasteiger partial charge < -0.3 is 10.4 Å². The maximum Gasteiger partial charge on any atom is 0.335 e. The van der Waals surface area contributed by atoms with Crippen molar-refractivity contribution in [3.63, 3.8) is 0 Å². The lowest BCUT2D eigenvalue weighted by atomic mass is 10.1.